The summed E-state index contributed by atoms with van der Waals surface area (Å²) in [5, 5.41) is 14.5. The minimum absolute atomic E-state index is 0.0487. The van der Waals surface area contributed by atoms with E-state index < -0.39 is 14.9 Å². The van der Waals surface area contributed by atoms with E-state index in [2.05, 4.69) is 10.3 Å². The SMILES string of the molecule is C[C@@H]1C[C@@H](C)CN(S(=O)(=O)c2ccc(NCc3cccnc3)c([N+](=O)[O-])c2)C1. The Hall–Kier alpha value is -2.52. The molecular formula is C19H24N4O4S. The fraction of sp³-hybridized carbons (Fsp3) is 0.421. The Kier molecular flexibility index (Phi) is 5.95. The predicted molar refractivity (Wildman–Crippen MR) is 106 cm³/mol. The van der Waals surface area contributed by atoms with Crippen molar-refractivity contribution in [2.24, 2.45) is 11.8 Å². The molecule has 2 atom stereocenters. The van der Waals surface area contributed by atoms with E-state index in [9.17, 15) is 18.5 Å². The molecule has 1 saturated heterocycles. The van der Waals surface area contributed by atoms with E-state index in [4.69, 9.17) is 0 Å². The van der Waals surface area contributed by atoms with Crippen LogP contribution < -0.4 is 5.32 Å². The van der Waals surface area contributed by atoms with Gasteiger partial charge in [0.1, 0.15) is 5.69 Å². The average molecular weight is 404 g/mol. The third-order valence-electron chi connectivity index (χ3n) is 4.84. The van der Waals surface area contributed by atoms with Crippen molar-refractivity contribution < 1.29 is 13.3 Å². The minimum atomic E-state index is -3.78. The minimum Gasteiger partial charge on any atom is -0.375 e. The van der Waals surface area contributed by atoms with Gasteiger partial charge in [0.25, 0.3) is 5.69 Å². The number of nitro benzene ring substituents is 1. The molecule has 9 heteroatoms. The van der Waals surface area contributed by atoms with Crippen LogP contribution in [0, 0.1) is 22.0 Å². The molecule has 1 aromatic carbocycles. The van der Waals surface area contributed by atoms with Crippen molar-refractivity contribution in [1.82, 2.24) is 9.29 Å². The van der Waals surface area contributed by atoms with Crippen LogP contribution in [0.4, 0.5) is 11.4 Å². The quantitative estimate of drug-likeness (QED) is 0.585. The first kappa shape index (κ1) is 20.2. The fourth-order valence-electron chi connectivity index (χ4n) is 3.62. The molecule has 0 amide bonds. The summed E-state index contributed by atoms with van der Waals surface area (Å²) in [4.78, 5) is 14.9. The lowest BCUT2D eigenvalue weighted by Crippen LogP contribution is -2.42. The maximum Gasteiger partial charge on any atom is 0.293 e. The number of piperidine rings is 1. The van der Waals surface area contributed by atoms with Gasteiger partial charge in [0.15, 0.2) is 0 Å². The molecule has 0 saturated carbocycles. The normalized spacial score (nSPS) is 20.6. The number of pyridine rings is 1. The highest BCUT2D eigenvalue weighted by Gasteiger charge is 2.33. The summed E-state index contributed by atoms with van der Waals surface area (Å²) in [7, 11) is -3.78. The van der Waals surface area contributed by atoms with Gasteiger partial charge in [0.2, 0.25) is 10.0 Å². The van der Waals surface area contributed by atoms with Crippen molar-refractivity contribution in [1.29, 1.82) is 0 Å². The third-order valence-corrected chi connectivity index (χ3v) is 6.67. The largest absolute Gasteiger partial charge is 0.375 e. The monoisotopic (exact) mass is 404 g/mol. The number of sulfonamides is 1. The summed E-state index contributed by atoms with van der Waals surface area (Å²) in [5.74, 6) is 0.517. The molecule has 0 bridgehead atoms. The average Bonchev–Trinajstić information content (AvgIpc) is 2.66. The second-order valence-corrected chi connectivity index (χ2v) is 9.36. The molecule has 2 aromatic rings. The number of nitrogens with zero attached hydrogens (tertiary/aromatic N) is 3. The van der Waals surface area contributed by atoms with E-state index in [1.807, 2.05) is 19.9 Å². The van der Waals surface area contributed by atoms with Crippen LogP contribution in [0.5, 0.6) is 0 Å². The predicted octanol–water partition coefficient (Wildman–Crippen LogP) is 3.27. The first-order chi connectivity index (χ1) is 13.3. The summed E-state index contributed by atoms with van der Waals surface area (Å²) in [6.45, 7) is 5.25. The van der Waals surface area contributed by atoms with Gasteiger partial charge in [0, 0.05) is 38.1 Å². The summed E-state index contributed by atoms with van der Waals surface area (Å²) < 4.78 is 27.5. The van der Waals surface area contributed by atoms with Gasteiger partial charge in [-0.25, -0.2) is 8.42 Å². The Balaban J connectivity index is 1.86. The van der Waals surface area contributed by atoms with E-state index in [-0.39, 0.29) is 28.1 Å². The molecule has 0 spiro atoms. The zero-order chi connectivity index (χ0) is 20.3. The van der Waals surface area contributed by atoms with Crippen molar-refractivity contribution in [2.45, 2.75) is 31.7 Å². The van der Waals surface area contributed by atoms with Crippen molar-refractivity contribution >= 4 is 21.4 Å². The summed E-state index contributed by atoms with van der Waals surface area (Å²) in [6, 6.07) is 7.66. The fourth-order valence-corrected chi connectivity index (χ4v) is 5.32. The standard InChI is InChI=1S/C19H24N4O4S/c1-14-8-15(2)13-22(12-14)28(26,27)17-5-6-18(19(9-17)23(24)25)21-11-16-4-3-7-20-10-16/h3-7,9-10,14-15,21H,8,11-13H2,1-2H3/t14-,15-/m1/s1. The topological polar surface area (TPSA) is 105 Å². The molecule has 1 aliphatic rings. The first-order valence-electron chi connectivity index (χ1n) is 9.18. The van der Waals surface area contributed by atoms with Gasteiger partial charge in [-0.05, 0) is 42.0 Å². The van der Waals surface area contributed by atoms with Gasteiger partial charge >= 0.3 is 0 Å². The van der Waals surface area contributed by atoms with Crippen LogP contribution >= 0.6 is 0 Å². The third kappa shape index (κ3) is 4.48. The Bertz CT molecular complexity index is 940. The Morgan fingerprint density at radius 3 is 2.57 bits per heavy atom. The maximum atomic E-state index is 13.0. The molecule has 0 radical (unpaired) electrons. The van der Waals surface area contributed by atoms with Crippen LogP contribution in [0.25, 0.3) is 0 Å². The molecule has 2 heterocycles. The zero-order valence-corrected chi connectivity index (χ0v) is 16.7. The molecule has 8 nitrogen and oxygen atoms in total. The van der Waals surface area contributed by atoms with Gasteiger partial charge in [-0.1, -0.05) is 19.9 Å². The van der Waals surface area contributed by atoms with E-state index in [1.54, 1.807) is 18.5 Å². The molecule has 1 aliphatic heterocycles. The molecule has 3 rings (SSSR count). The van der Waals surface area contributed by atoms with Crippen molar-refractivity contribution in [3.8, 4) is 0 Å². The number of aromatic nitrogens is 1. The molecule has 0 aliphatic carbocycles. The molecule has 0 unspecified atom stereocenters. The van der Waals surface area contributed by atoms with Crippen molar-refractivity contribution in [3.63, 3.8) is 0 Å². The zero-order valence-electron chi connectivity index (χ0n) is 15.9. The lowest BCUT2D eigenvalue weighted by Gasteiger charge is -2.34. The molecule has 1 N–H and O–H groups in total. The number of hydrogen-bond donors (Lipinski definition) is 1. The van der Waals surface area contributed by atoms with Crippen molar-refractivity contribution in [2.75, 3.05) is 18.4 Å². The van der Waals surface area contributed by atoms with Gasteiger partial charge in [-0.15, -0.1) is 0 Å². The Morgan fingerprint density at radius 2 is 1.96 bits per heavy atom. The van der Waals surface area contributed by atoms with Gasteiger partial charge < -0.3 is 5.32 Å². The Labute approximate surface area is 164 Å². The highest BCUT2D eigenvalue weighted by atomic mass is 32.2. The smallest absolute Gasteiger partial charge is 0.293 e. The van der Waals surface area contributed by atoms with E-state index in [1.165, 1.54) is 16.4 Å². The molecule has 28 heavy (non-hydrogen) atoms. The van der Waals surface area contributed by atoms with Crippen LogP contribution in [-0.2, 0) is 16.6 Å². The van der Waals surface area contributed by atoms with Gasteiger partial charge in [-0.2, -0.15) is 4.31 Å². The van der Waals surface area contributed by atoms with Crippen LogP contribution in [0.3, 0.4) is 0 Å². The first-order valence-corrected chi connectivity index (χ1v) is 10.6. The number of benzene rings is 1. The Morgan fingerprint density at radius 1 is 1.25 bits per heavy atom. The van der Waals surface area contributed by atoms with E-state index >= 15 is 0 Å². The highest BCUT2D eigenvalue weighted by molar-refractivity contribution is 7.89. The second-order valence-electron chi connectivity index (χ2n) is 7.42. The van der Waals surface area contributed by atoms with Crippen LogP contribution in [0.1, 0.15) is 25.8 Å². The molecular weight excluding hydrogens is 380 g/mol. The lowest BCUT2D eigenvalue weighted by atomic mass is 9.94. The van der Waals surface area contributed by atoms with Crippen LogP contribution in [-0.4, -0.2) is 35.7 Å². The summed E-state index contributed by atoms with van der Waals surface area (Å²) in [6.07, 6.45) is 4.29. The van der Waals surface area contributed by atoms with Crippen molar-refractivity contribution in [3.05, 3.63) is 58.4 Å². The van der Waals surface area contributed by atoms with Gasteiger partial charge in [0.05, 0.1) is 9.82 Å². The number of nitrogens with one attached hydrogen (secondary N) is 1. The van der Waals surface area contributed by atoms with Crippen LogP contribution in [0.2, 0.25) is 0 Å². The highest BCUT2D eigenvalue weighted by Crippen LogP contribution is 2.31. The van der Waals surface area contributed by atoms with Crippen LogP contribution in [0.15, 0.2) is 47.6 Å². The lowest BCUT2D eigenvalue weighted by molar-refractivity contribution is -0.384. The second kappa shape index (κ2) is 8.24. The maximum absolute atomic E-state index is 13.0. The molecule has 1 fully saturated rings. The van der Waals surface area contributed by atoms with E-state index in [0.717, 1.165) is 18.1 Å². The summed E-state index contributed by atoms with van der Waals surface area (Å²) in [5.41, 5.74) is 0.876. The number of anilines is 1. The van der Waals surface area contributed by atoms with Gasteiger partial charge in [-0.3, -0.25) is 15.1 Å². The number of hydrogen-bond acceptors (Lipinski definition) is 6. The van der Waals surface area contributed by atoms with E-state index in [0.29, 0.717) is 19.6 Å². The number of nitro groups is 1. The molecule has 1 aromatic heterocycles. The summed E-state index contributed by atoms with van der Waals surface area (Å²) >= 11 is 0. The molecule has 150 valence electrons. The number of rotatable bonds is 6.